The van der Waals surface area contributed by atoms with E-state index in [2.05, 4.69) is 25.8 Å². The van der Waals surface area contributed by atoms with Crippen molar-refractivity contribution in [1.29, 1.82) is 0 Å². The topological polar surface area (TPSA) is 61.4 Å². The molecule has 0 bridgehead atoms. The maximum Gasteiger partial charge on any atom is 0.223 e. The summed E-state index contributed by atoms with van der Waals surface area (Å²) in [5.74, 6) is 3.00. The molecule has 0 N–H and O–H groups in total. The maximum atomic E-state index is 12.7. The van der Waals surface area contributed by atoms with E-state index in [-0.39, 0.29) is 5.91 Å². The number of piperazine rings is 2. The van der Waals surface area contributed by atoms with E-state index in [0.29, 0.717) is 6.42 Å². The lowest BCUT2D eigenvalue weighted by molar-refractivity contribution is -0.131. The molecule has 0 aliphatic carbocycles. The van der Waals surface area contributed by atoms with Crippen molar-refractivity contribution in [2.24, 2.45) is 0 Å². The zero-order valence-electron chi connectivity index (χ0n) is 19.8. The molecule has 0 saturated carbocycles. The highest BCUT2D eigenvalue weighted by molar-refractivity contribution is 5.76. The Morgan fingerprint density at radius 3 is 2.33 bits per heavy atom. The smallest absolute Gasteiger partial charge is 0.223 e. The lowest BCUT2D eigenvalue weighted by Crippen LogP contribution is -2.50. The third kappa shape index (κ3) is 6.15. The molecule has 2 aliphatic heterocycles. The Morgan fingerprint density at radius 1 is 0.909 bits per heavy atom. The molecule has 4 rings (SSSR count). The van der Waals surface area contributed by atoms with Crippen molar-refractivity contribution in [1.82, 2.24) is 19.7 Å². The van der Waals surface area contributed by atoms with Gasteiger partial charge >= 0.3 is 0 Å². The fourth-order valence-electron chi connectivity index (χ4n) is 4.56. The minimum absolute atomic E-state index is 0.263. The van der Waals surface area contributed by atoms with Gasteiger partial charge in [-0.1, -0.05) is 6.07 Å². The first-order chi connectivity index (χ1) is 16.2. The summed E-state index contributed by atoms with van der Waals surface area (Å²) in [6.45, 7) is 8.82. The van der Waals surface area contributed by atoms with E-state index in [4.69, 9.17) is 9.47 Å². The van der Waals surface area contributed by atoms with E-state index in [9.17, 15) is 4.79 Å². The van der Waals surface area contributed by atoms with Gasteiger partial charge in [-0.3, -0.25) is 9.69 Å². The van der Waals surface area contributed by atoms with Crippen LogP contribution in [0.4, 0.5) is 5.82 Å². The molecule has 33 heavy (non-hydrogen) atoms. The number of pyridine rings is 1. The van der Waals surface area contributed by atoms with Crippen molar-refractivity contribution in [2.75, 3.05) is 78.0 Å². The van der Waals surface area contributed by atoms with Crippen LogP contribution >= 0.6 is 0 Å². The minimum atomic E-state index is 0.263. The second-order valence-corrected chi connectivity index (χ2v) is 8.60. The Hall–Kier alpha value is -2.84. The Bertz CT molecular complexity index is 894. The predicted octanol–water partition coefficient (Wildman–Crippen LogP) is 1.96. The van der Waals surface area contributed by atoms with Crippen LogP contribution < -0.4 is 14.4 Å². The van der Waals surface area contributed by atoms with Crippen LogP contribution in [0.2, 0.25) is 0 Å². The maximum absolute atomic E-state index is 12.7. The molecule has 2 fully saturated rings. The summed E-state index contributed by atoms with van der Waals surface area (Å²) in [5, 5.41) is 0. The van der Waals surface area contributed by atoms with Crippen LogP contribution in [-0.4, -0.2) is 98.7 Å². The first-order valence-electron chi connectivity index (χ1n) is 11.8. The molecule has 1 aromatic heterocycles. The van der Waals surface area contributed by atoms with Gasteiger partial charge < -0.3 is 24.2 Å². The number of rotatable bonds is 8. The Morgan fingerprint density at radius 2 is 1.67 bits per heavy atom. The number of carbonyl (C=O) groups is 1. The lowest BCUT2D eigenvalue weighted by Gasteiger charge is -2.37. The van der Waals surface area contributed by atoms with Gasteiger partial charge in [0.2, 0.25) is 5.91 Å². The second kappa shape index (κ2) is 11.3. The van der Waals surface area contributed by atoms with Gasteiger partial charge in [0, 0.05) is 83.6 Å². The van der Waals surface area contributed by atoms with Gasteiger partial charge in [-0.05, 0) is 30.3 Å². The average Bonchev–Trinajstić information content (AvgIpc) is 2.88. The number of anilines is 1. The van der Waals surface area contributed by atoms with Crippen LogP contribution in [0.25, 0.3) is 0 Å². The fraction of sp³-hybridized carbons (Fsp3) is 0.520. The second-order valence-electron chi connectivity index (χ2n) is 8.60. The molecule has 0 radical (unpaired) electrons. The predicted molar refractivity (Wildman–Crippen MR) is 129 cm³/mol. The average molecular weight is 454 g/mol. The molecule has 178 valence electrons. The van der Waals surface area contributed by atoms with E-state index in [0.717, 1.165) is 88.3 Å². The number of nitrogens with zero attached hydrogens (tertiary/aromatic N) is 5. The van der Waals surface area contributed by atoms with Crippen molar-refractivity contribution < 1.29 is 14.3 Å². The number of aromatic nitrogens is 1. The van der Waals surface area contributed by atoms with Gasteiger partial charge in [-0.2, -0.15) is 0 Å². The molecule has 0 spiro atoms. The molecule has 0 atom stereocenters. The number of hydrogen-bond acceptors (Lipinski definition) is 7. The molecule has 2 aromatic rings. The van der Waals surface area contributed by atoms with Crippen LogP contribution in [0, 0.1) is 0 Å². The van der Waals surface area contributed by atoms with Crippen molar-refractivity contribution in [3.05, 3.63) is 48.2 Å². The quantitative estimate of drug-likeness (QED) is 0.606. The lowest BCUT2D eigenvalue weighted by atomic mass is 10.1. The summed E-state index contributed by atoms with van der Waals surface area (Å²) in [6.07, 6.45) is 2.41. The third-order valence-electron chi connectivity index (χ3n) is 6.59. The Balaban J connectivity index is 1.18. The highest BCUT2D eigenvalue weighted by Gasteiger charge is 2.23. The summed E-state index contributed by atoms with van der Waals surface area (Å²) in [6, 6.07) is 11.9. The van der Waals surface area contributed by atoms with E-state index in [1.165, 1.54) is 0 Å². The normalized spacial score (nSPS) is 17.8. The standard InChI is InChI=1S/C25H35N5O3/c1-32-22-6-7-23(33-2)21(19-22)20-28-13-11-27(12-14-28)10-8-25(31)30-17-15-29(16-18-30)24-5-3-4-9-26-24/h3-7,9,19H,8,10-18,20H2,1-2H3. The molecule has 1 amide bonds. The summed E-state index contributed by atoms with van der Waals surface area (Å²) in [5.41, 5.74) is 1.14. The van der Waals surface area contributed by atoms with Crippen LogP contribution in [-0.2, 0) is 11.3 Å². The van der Waals surface area contributed by atoms with Crippen molar-refractivity contribution >= 4 is 11.7 Å². The van der Waals surface area contributed by atoms with Gasteiger partial charge in [0.1, 0.15) is 17.3 Å². The van der Waals surface area contributed by atoms with Crippen LogP contribution in [0.1, 0.15) is 12.0 Å². The summed E-state index contributed by atoms with van der Waals surface area (Å²) >= 11 is 0. The van der Waals surface area contributed by atoms with E-state index in [1.54, 1.807) is 14.2 Å². The number of methoxy groups -OCH3 is 2. The monoisotopic (exact) mass is 453 g/mol. The number of ether oxygens (including phenoxy) is 2. The highest BCUT2D eigenvalue weighted by atomic mass is 16.5. The largest absolute Gasteiger partial charge is 0.497 e. The van der Waals surface area contributed by atoms with Crippen molar-refractivity contribution in [3.63, 3.8) is 0 Å². The van der Waals surface area contributed by atoms with Gasteiger partial charge in [0.25, 0.3) is 0 Å². The Labute approximate surface area is 196 Å². The molecule has 3 heterocycles. The molecule has 8 heteroatoms. The number of hydrogen-bond donors (Lipinski definition) is 0. The van der Waals surface area contributed by atoms with Crippen molar-refractivity contribution in [2.45, 2.75) is 13.0 Å². The van der Waals surface area contributed by atoms with Crippen molar-refractivity contribution in [3.8, 4) is 11.5 Å². The van der Waals surface area contributed by atoms with Crippen LogP contribution in [0.15, 0.2) is 42.6 Å². The first-order valence-corrected chi connectivity index (χ1v) is 11.8. The number of carbonyl (C=O) groups excluding carboxylic acids is 1. The van der Waals surface area contributed by atoms with Gasteiger partial charge in [0.15, 0.2) is 0 Å². The van der Waals surface area contributed by atoms with E-state index >= 15 is 0 Å². The minimum Gasteiger partial charge on any atom is -0.497 e. The molecule has 2 aliphatic rings. The molecule has 1 aromatic carbocycles. The fourth-order valence-corrected chi connectivity index (χ4v) is 4.56. The van der Waals surface area contributed by atoms with E-state index < -0.39 is 0 Å². The number of amides is 1. The SMILES string of the molecule is COc1ccc(OC)c(CN2CCN(CCC(=O)N3CCN(c4ccccn4)CC3)CC2)c1. The third-order valence-corrected chi connectivity index (χ3v) is 6.59. The number of benzene rings is 1. The first kappa shape index (κ1) is 23.3. The Kier molecular flexibility index (Phi) is 8.01. The molecule has 2 saturated heterocycles. The molecular formula is C25H35N5O3. The highest BCUT2D eigenvalue weighted by Crippen LogP contribution is 2.25. The van der Waals surface area contributed by atoms with Gasteiger partial charge in [0.05, 0.1) is 14.2 Å². The van der Waals surface area contributed by atoms with Crippen LogP contribution in [0.5, 0.6) is 11.5 Å². The molecular weight excluding hydrogens is 418 g/mol. The summed E-state index contributed by atoms with van der Waals surface area (Å²) in [4.78, 5) is 26.3. The summed E-state index contributed by atoms with van der Waals surface area (Å²) < 4.78 is 10.9. The van der Waals surface area contributed by atoms with Crippen LogP contribution in [0.3, 0.4) is 0 Å². The van der Waals surface area contributed by atoms with E-state index in [1.807, 2.05) is 41.4 Å². The van der Waals surface area contributed by atoms with Gasteiger partial charge in [-0.15, -0.1) is 0 Å². The summed E-state index contributed by atoms with van der Waals surface area (Å²) in [7, 11) is 3.39. The zero-order valence-corrected chi connectivity index (χ0v) is 19.8. The molecule has 0 unspecified atom stereocenters. The molecule has 8 nitrogen and oxygen atoms in total. The van der Waals surface area contributed by atoms with Gasteiger partial charge in [-0.25, -0.2) is 4.98 Å². The zero-order chi connectivity index (χ0) is 23.0.